The number of rotatable bonds is 3. The molecular formula is C14H18F3NO2S. The summed E-state index contributed by atoms with van der Waals surface area (Å²) in [6, 6.07) is 3.79. The van der Waals surface area contributed by atoms with Gasteiger partial charge < -0.3 is 0 Å². The van der Waals surface area contributed by atoms with E-state index in [1.54, 1.807) is 0 Å². The van der Waals surface area contributed by atoms with Crippen molar-refractivity contribution in [2.24, 2.45) is 0 Å². The average Bonchev–Trinajstić information content (AvgIpc) is 2.46. The normalized spacial score (nSPS) is 18.1. The molecule has 7 heteroatoms. The summed E-state index contributed by atoms with van der Waals surface area (Å²) in [6.07, 6.45) is -0.0491. The van der Waals surface area contributed by atoms with Gasteiger partial charge in [0.1, 0.15) is 0 Å². The topological polar surface area (TPSA) is 37.4 Å². The highest BCUT2D eigenvalue weighted by atomic mass is 32.2. The fourth-order valence-corrected chi connectivity index (χ4v) is 4.10. The first-order valence-corrected chi connectivity index (χ1v) is 8.32. The lowest BCUT2D eigenvalue weighted by atomic mass is 9.96. The Labute approximate surface area is 122 Å². The summed E-state index contributed by atoms with van der Waals surface area (Å²) in [4.78, 5) is -0.301. The first-order chi connectivity index (χ1) is 9.73. The molecule has 0 radical (unpaired) electrons. The van der Waals surface area contributed by atoms with E-state index in [-0.39, 0.29) is 10.9 Å². The van der Waals surface area contributed by atoms with E-state index >= 15 is 0 Å². The minimum absolute atomic E-state index is 0.127. The fourth-order valence-electron chi connectivity index (χ4n) is 2.64. The van der Waals surface area contributed by atoms with Gasteiger partial charge in [-0.3, -0.25) is 0 Å². The summed E-state index contributed by atoms with van der Waals surface area (Å²) >= 11 is 0. The zero-order valence-electron chi connectivity index (χ0n) is 11.7. The van der Waals surface area contributed by atoms with Gasteiger partial charge in [0, 0.05) is 13.1 Å². The number of hydrogen-bond donors (Lipinski definition) is 0. The summed E-state index contributed by atoms with van der Waals surface area (Å²) < 4.78 is 64.3. The Morgan fingerprint density at radius 1 is 1.14 bits per heavy atom. The summed E-state index contributed by atoms with van der Waals surface area (Å²) in [5.41, 5.74) is -0.944. The number of hydrogen-bond acceptors (Lipinski definition) is 2. The van der Waals surface area contributed by atoms with Crippen molar-refractivity contribution in [1.29, 1.82) is 0 Å². The minimum atomic E-state index is -4.55. The van der Waals surface area contributed by atoms with Crippen LogP contribution in [0.3, 0.4) is 0 Å². The van der Waals surface area contributed by atoms with E-state index in [4.69, 9.17) is 0 Å². The molecule has 0 unspecified atom stereocenters. The van der Waals surface area contributed by atoms with Gasteiger partial charge >= 0.3 is 6.18 Å². The first kappa shape index (κ1) is 16.3. The number of sulfonamides is 1. The zero-order valence-corrected chi connectivity index (χ0v) is 12.5. The molecule has 118 valence electrons. The lowest BCUT2D eigenvalue weighted by Gasteiger charge is -2.30. The van der Waals surface area contributed by atoms with Crippen LogP contribution in [0.5, 0.6) is 0 Å². The van der Waals surface area contributed by atoms with Crippen LogP contribution >= 0.6 is 0 Å². The number of alkyl halides is 3. The van der Waals surface area contributed by atoms with Crippen molar-refractivity contribution >= 4 is 10.0 Å². The SMILES string of the molecule is CN(C1CCCCC1)S(=O)(=O)c1cccc(C(F)(F)F)c1. The molecular weight excluding hydrogens is 303 g/mol. The Kier molecular flexibility index (Phi) is 4.63. The first-order valence-electron chi connectivity index (χ1n) is 6.88. The highest BCUT2D eigenvalue weighted by Crippen LogP contribution is 2.32. The number of benzene rings is 1. The van der Waals surface area contributed by atoms with E-state index in [1.165, 1.54) is 17.4 Å². The molecule has 1 fully saturated rings. The molecule has 1 aromatic rings. The van der Waals surface area contributed by atoms with Crippen LogP contribution in [0, 0.1) is 0 Å². The van der Waals surface area contributed by atoms with Crippen LogP contribution in [-0.2, 0) is 16.2 Å². The molecule has 0 spiro atoms. The van der Waals surface area contributed by atoms with Crippen molar-refractivity contribution < 1.29 is 21.6 Å². The highest BCUT2D eigenvalue weighted by molar-refractivity contribution is 7.89. The van der Waals surface area contributed by atoms with Crippen molar-refractivity contribution in [3.05, 3.63) is 29.8 Å². The van der Waals surface area contributed by atoms with Gasteiger partial charge in [0.15, 0.2) is 0 Å². The highest BCUT2D eigenvalue weighted by Gasteiger charge is 2.34. The fraction of sp³-hybridized carbons (Fsp3) is 0.571. The minimum Gasteiger partial charge on any atom is -0.207 e. The molecule has 0 N–H and O–H groups in total. The van der Waals surface area contributed by atoms with E-state index in [9.17, 15) is 21.6 Å². The quantitative estimate of drug-likeness (QED) is 0.852. The van der Waals surface area contributed by atoms with Crippen LogP contribution in [0.1, 0.15) is 37.7 Å². The van der Waals surface area contributed by atoms with Gasteiger partial charge in [0.05, 0.1) is 10.5 Å². The van der Waals surface area contributed by atoms with E-state index in [2.05, 4.69) is 0 Å². The van der Waals surface area contributed by atoms with Crippen LogP contribution in [-0.4, -0.2) is 25.8 Å². The van der Waals surface area contributed by atoms with E-state index < -0.39 is 21.8 Å². The molecule has 0 aromatic heterocycles. The second-order valence-corrected chi connectivity index (χ2v) is 7.34. The van der Waals surface area contributed by atoms with Crippen molar-refractivity contribution in [1.82, 2.24) is 4.31 Å². The molecule has 1 aliphatic carbocycles. The Hall–Kier alpha value is -1.08. The van der Waals surface area contributed by atoms with Crippen LogP contribution in [0.15, 0.2) is 29.2 Å². The third-order valence-corrected chi connectivity index (χ3v) is 5.83. The predicted octanol–water partition coefficient (Wildman–Crippen LogP) is 3.66. The van der Waals surface area contributed by atoms with E-state index in [0.717, 1.165) is 44.2 Å². The summed E-state index contributed by atoms with van der Waals surface area (Å²) in [7, 11) is -2.44. The maximum absolute atomic E-state index is 12.7. The van der Waals surface area contributed by atoms with Crippen molar-refractivity contribution in [3.8, 4) is 0 Å². The van der Waals surface area contributed by atoms with Crippen LogP contribution < -0.4 is 0 Å². The second kappa shape index (κ2) is 5.96. The van der Waals surface area contributed by atoms with Crippen molar-refractivity contribution in [2.75, 3.05) is 7.05 Å². The summed E-state index contributed by atoms with van der Waals surface area (Å²) in [5, 5.41) is 0. The maximum Gasteiger partial charge on any atom is 0.416 e. The number of nitrogens with zero attached hydrogens (tertiary/aromatic N) is 1. The molecule has 3 nitrogen and oxygen atoms in total. The molecule has 1 aromatic carbocycles. The molecule has 0 heterocycles. The van der Waals surface area contributed by atoms with Crippen LogP contribution in [0.2, 0.25) is 0 Å². The maximum atomic E-state index is 12.7. The second-order valence-electron chi connectivity index (χ2n) is 5.34. The molecule has 0 amide bonds. The van der Waals surface area contributed by atoms with Gasteiger partial charge in [-0.2, -0.15) is 17.5 Å². The van der Waals surface area contributed by atoms with Gasteiger partial charge in [-0.05, 0) is 31.0 Å². The third kappa shape index (κ3) is 3.58. The lowest BCUT2D eigenvalue weighted by molar-refractivity contribution is -0.137. The van der Waals surface area contributed by atoms with Crippen molar-refractivity contribution in [2.45, 2.75) is 49.2 Å². The number of halogens is 3. The molecule has 0 bridgehead atoms. The lowest BCUT2D eigenvalue weighted by Crippen LogP contribution is -2.38. The summed E-state index contributed by atoms with van der Waals surface area (Å²) in [5.74, 6) is 0. The Morgan fingerprint density at radius 3 is 2.33 bits per heavy atom. The standard InChI is InChI=1S/C14H18F3NO2S/c1-18(12-7-3-2-4-8-12)21(19,20)13-9-5-6-11(10-13)14(15,16)17/h5-6,9-10,12H,2-4,7-8H2,1H3. The third-order valence-electron chi connectivity index (χ3n) is 3.93. The largest absolute Gasteiger partial charge is 0.416 e. The molecule has 2 rings (SSSR count). The monoisotopic (exact) mass is 321 g/mol. The van der Waals surface area contributed by atoms with Gasteiger partial charge in [0.25, 0.3) is 0 Å². The molecule has 0 aliphatic heterocycles. The molecule has 1 aliphatic rings. The van der Waals surface area contributed by atoms with E-state index in [0.29, 0.717) is 6.07 Å². The smallest absolute Gasteiger partial charge is 0.207 e. The summed E-state index contributed by atoms with van der Waals surface area (Å²) in [6.45, 7) is 0. The van der Waals surface area contributed by atoms with Crippen LogP contribution in [0.4, 0.5) is 13.2 Å². The van der Waals surface area contributed by atoms with Gasteiger partial charge in [-0.15, -0.1) is 0 Å². The molecule has 1 saturated carbocycles. The zero-order chi connectivity index (χ0) is 15.7. The van der Waals surface area contributed by atoms with E-state index in [1.807, 2.05) is 0 Å². The van der Waals surface area contributed by atoms with Gasteiger partial charge in [0.2, 0.25) is 10.0 Å². The Balaban J connectivity index is 2.30. The Morgan fingerprint density at radius 2 is 1.76 bits per heavy atom. The Bertz CT molecular complexity index is 592. The predicted molar refractivity (Wildman–Crippen MR) is 73.3 cm³/mol. The van der Waals surface area contributed by atoms with Crippen molar-refractivity contribution in [3.63, 3.8) is 0 Å². The van der Waals surface area contributed by atoms with Gasteiger partial charge in [-0.25, -0.2) is 8.42 Å². The molecule has 0 atom stereocenters. The molecule has 0 saturated heterocycles. The van der Waals surface area contributed by atoms with Crippen LogP contribution in [0.25, 0.3) is 0 Å². The average molecular weight is 321 g/mol. The molecule has 21 heavy (non-hydrogen) atoms. The van der Waals surface area contributed by atoms with Gasteiger partial charge in [-0.1, -0.05) is 25.3 Å².